The van der Waals surface area contributed by atoms with Crippen LogP contribution in [-0.2, 0) is 0 Å². The van der Waals surface area contributed by atoms with E-state index in [1.54, 1.807) is 0 Å². The zero-order valence-electron chi connectivity index (χ0n) is 10.3. The summed E-state index contributed by atoms with van der Waals surface area (Å²) in [6, 6.07) is 1.36. The highest BCUT2D eigenvalue weighted by Gasteiger charge is 2.47. The Bertz CT molecular complexity index is 308. The molecule has 2 unspecified atom stereocenters. The third-order valence-electron chi connectivity index (χ3n) is 4.55. The summed E-state index contributed by atoms with van der Waals surface area (Å²) in [6.45, 7) is 3.17. The topological polar surface area (TPSA) is 23.5 Å². The van der Waals surface area contributed by atoms with E-state index in [0.29, 0.717) is 6.04 Å². The van der Waals surface area contributed by atoms with Crippen molar-refractivity contribution in [3.8, 4) is 0 Å². The van der Waals surface area contributed by atoms with Crippen molar-refractivity contribution >= 4 is 0 Å². The van der Waals surface area contributed by atoms with Crippen molar-refractivity contribution in [2.75, 3.05) is 6.54 Å². The summed E-state index contributed by atoms with van der Waals surface area (Å²) in [7, 11) is 0. The molecule has 2 nitrogen and oxygen atoms in total. The van der Waals surface area contributed by atoms with Crippen LogP contribution in [0.2, 0.25) is 0 Å². The summed E-state index contributed by atoms with van der Waals surface area (Å²) in [5, 5.41) is 10.8. The number of rotatable bonds is 2. The van der Waals surface area contributed by atoms with Gasteiger partial charge in [0.2, 0.25) is 0 Å². The SMILES string of the molecule is CC1CC(O)(C2=CCCCC2)CN1C1CC1. The van der Waals surface area contributed by atoms with Crippen molar-refractivity contribution in [3.63, 3.8) is 0 Å². The molecule has 0 radical (unpaired) electrons. The van der Waals surface area contributed by atoms with Crippen LogP contribution in [-0.4, -0.2) is 34.2 Å². The maximum Gasteiger partial charge on any atom is 0.0998 e. The van der Waals surface area contributed by atoms with Crippen LogP contribution in [0.15, 0.2) is 11.6 Å². The van der Waals surface area contributed by atoms with Crippen molar-refractivity contribution in [2.24, 2.45) is 0 Å². The molecule has 0 spiro atoms. The first-order valence-corrected chi connectivity index (χ1v) is 6.87. The highest BCUT2D eigenvalue weighted by atomic mass is 16.3. The fraction of sp³-hybridized carbons (Fsp3) is 0.857. The Kier molecular flexibility index (Phi) is 2.60. The van der Waals surface area contributed by atoms with Gasteiger partial charge in [-0.2, -0.15) is 0 Å². The van der Waals surface area contributed by atoms with E-state index in [-0.39, 0.29) is 0 Å². The molecule has 90 valence electrons. The van der Waals surface area contributed by atoms with Gasteiger partial charge in [-0.1, -0.05) is 6.08 Å². The van der Waals surface area contributed by atoms with Crippen LogP contribution in [0.1, 0.15) is 51.9 Å². The molecular formula is C14H23NO. The van der Waals surface area contributed by atoms with Crippen LogP contribution in [0.5, 0.6) is 0 Å². The number of β-amino-alcohol motifs (C(OH)–C–C–N with tert-alkyl or cyclic N) is 1. The van der Waals surface area contributed by atoms with Gasteiger partial charge in [-0.3, -0.25) is 4.90 Å². The summed E-state index contributed by atoms with van der Waals surface area (Å²) in [6.07, 6.45) is 10.8. The van der Waals surface area contributed by atoms with Crippen molar-refractivity contribution in [1.29, 1.82) is 0 Å². The van der Waals surface area contributed by atoms with Gasteiger partial charge in [-0.05, 0) is 57.4 Å². The van der Waals surface area contributed by atoms with Gasteiger partial charge in [0.25, 0.3) is 0 Å². The number of hydrogen-bond donors (Lipinski definition) is 1. The normalized spacial score (nSPS) is 41.1. The molecule has 2 heteroatoms. The Hall–Kier alpha value is -0.340. The number of allylic oxidation sites excluding steroid dienone is 1. The largest absolute Gasteiger partial charge is 0.384 e. The molecule has 1 saturated heterocycles. The number of hydrogen-bond acceptors (Lipinski definition) is 2. The quantitative estimate of drug-likeness (QED) is 0.724. The second-order valence-electron chi connectivity index (χ2n) is 5.96. The summed E-state index contributed by atoms with van der Waals surface area (Å²) in [4.78, 5) is 2.54. The average molecular weight is 221 g/mol. The van der Waals surface area contributed by atoms with Crippen molar-refractivity contribution in [2.45, 2.75) is 69.6 Å². The van der Waals surface area contributed by atoms with Crippen molar-refractivity contribution < 1.29 is 5.11 Å². The van der Waals surface area contributed by atoms with Gasteiger partial charge in [0.1, 0.15) is 0 Å². The first-order valence-electron chi connectivity index (χ1n) is 6.87. The predicted octanol–water partition coefficient (Wildman–Crippen LogP) is 2.47. The summed E-state index contributed by atoms with van der Waals surface area (Å²) >= 11 is 0. The lowest BCUT2D eigenvalue weighted by Crippen LogP contribution is -2.36. The smallest absolute Gasteiger partial charge is 0.0998 e. The third-order valence-corrected chi connectivity index (χ3v) is 4.55. The van der Waals surface area contributed by atoms with Gasteiger partial charge in [0, 0.05) is 18.6 Å². The lowest BCUT2D eigenvalue weighted by atomic mass is 9.84. The molecular weight excluding hydrogens is 198 g/mol. The molecule has 1 saturated carbocycles. The average Bonchev–Trinajstić information content (AvgIpc) is 3.07. The molecule has 0 aromatic rings. The van der Waals surface area contributed by atoms with Crippen LogP contribution >= 0.6 is 0 Å². The van der Waals surface area contributed by atoms with Crippen LogP contribution in [0, 0.1) is 0 Å². The highest BCUT2D eigenvalue weighted by Crippen LogP contribution is 2.42. The van der Waals surface area contributed by atoms with Crippen LogP contribution in [0.25, 0.3) is 0 Å². The molecule has 2 atom stereocenters. The number of likely N-dealkylation sites (tertiary alicyclic amines) is 1. The third kappa shape index (κ3) is 1.82. The van der Waals surface area contributed by atoms with Crippen molar-refractivity contribution in [1.82, 2.24) is 4.90 Å². The van der Waals surface area contributed by atoms with Gasteiger partial charge in [0.05, 0.1) is 5.60 Å². The Morgan fingerprint density at radius 3 is 2.81 bits per heavy atom. The Labute approximate surface area is 98.3 Å². The molecule has 1 N–H and O–H groups in total. The van der Waals surface area contributed by atoms with E-state index < -0.39 is 5.60 Å². The first kappa shape index (κ1) is 10.8. The van der Waals surface area contributed by atoms with Gasteiger partial charge < -0.3 is 5.11 Å². The second-order valence-corrected chi connectivity index (χ2v) is 5.96. The summed E-state index contributed by atoms with van der Waals surface area (Å²) < 4.78 is 0. The molecule has 2 aliphatic carbocycles. The second kappa shape index (κ2) is 3.85. The van der Waals surface area contributed by atoms with Crippen molar-refractivity contribution in [3.05, 3.63) is 11.6 Å². The minimum Gasteiger partial charge on any atom is -0.384 e. The van der Waals surface area contributed by atoms with E-state index >= 15 is 0 Å². The van der Waals surface area contributed by atoms with Gasteiger partial charge >= 0.3 is 0 Å². The fourth-order valence-electron chi connectivity index (χ4n) is 3.52. The van der Waals surface area contributed by atoms with Gasteiger partial charge in [-0.25, -0.2) is 0 Å². The number of nitrogens with zero attached hydrogens (tertiary/aromatic N) is 1. The van der Waals surface area contributed by atoms with Crippen LogP contribution < -0.4 is 0 Å². The van der Waals surface area contributed by atoms with E-state index in [4.69, 9.17) is 0 Å². The van der Waals surface area contributed by atoms with E-state index in [1.165, 1.54) is 37.7 Å². The summed E-state index contributed by atoms with van der Waals surface area (Å²) in [5.41, 5.74) is 0.858. The van der Waals surface area contributed by atoms with E-state index in [0.717, 1.165) is 25.4 Å². The Morgan fingerprint density at radius 1 is 1.38 bits per heavy atom. The minimum atomic E-state index is -0.484. The van der Waals surface area contributed by atoms with Gasteiger partial charge in [0.15, 0.2) is 0 Å². The maximum absolute atomic E-state index is 10.8. The highest BCUT2D eigenvalue weighted by molar-refractivity contribution is 5.23. The van der Waals surface area contributed by atoms with Gasteiger partial charge in [-0.15, -0.1) is 0 Å². The first-order chi connectivity index (χ1) is 7.69. The molecule has 1 heterocycles. The molecule has 1 aliphatic heterocycles. The summed E-state index contributed by atoms with van der Waals surface area (Å²) in [5.74, 6) is 0. The predicted molar refractivity (Wildman–Crippen MR) is 65.3 cm³/mol. The Balaban J connectivity index is 1.75. The standard InChI is InChI=1S/C14H23NO/c1-11-9-14(16,10-15(11)13-7-8-13)12-5-3-2-4-6-12/h5,11,13,16H,2-4,6-10H2,1H3. The van der Waals surface area contributed by atoms with Crippen LogP contribution in [0.3, 0.4) is 0 Å². The number of aliphatic hydroxyl groups is 1. The lowest BCUT2D eigenvalue weighted by molar-refractivity contribution is 0.0797. The molecule has 3 rings (SSSR count). The Morgan fingerprint density at radius 2 is 2.19 bits per heavy atom. The zero-order valence-corrected chi connectivity index (χ0v) is 10.3. The zero-order chi connectivity index (χ0) is 11.2. The maximum atomic E-state index is 10.8. The van der Waals surface area contributed by atoms with E-state index in [2.05, 4.69) is 17.9 Å². The monoisotopic (exact) mass is 221 g/mol. The van der Waals surface area contributed by atoms with E-state index in [9.17, 15) is 5.11 Å². The molecule has 3 aliphatic rings. The molecule has 0 bridgehead atoms. The molecule has 0 aromatic heterocycles. The lowest BCUT2D eigenvalue weighted by Gasteiger charge is -2.29. The molecule has 0 aromatic carbocycles. The minimum absolute atomic E-state index is 0.484. The van der Waals surface area contributed by atoms with Crippen LogP contribution in [0.4, 0.5) is 0 Å². The fourth-order valence-corrected chi connectivity index (χ4v) is 3.52. The molecule has 16 heavy (non-hydrogen) atoms. The molecule has 0 amide bonds. The van der Waals surface area contributed by atoms with E-state index in [1.807, 2.05) is 0 Å². The molecule has 2 fully saturated rings.